The highest BCUT2D eigenvalue weighted by atomic mass is 16.6. The van der Waals surface area contributed by atoms with E-state index < -0.39 is 6.29 Å². The highest BCUT2D eigenvalue weighted by molar-refractivity contribution is 5.74. The first-order chi connectivity index (χ1) is 6.93. The van der Waals surface area contributed by atoms with E-state index in [9.17, 15) is 9.90 Å². The van der Waals surface area contributed by atoms with Crippen LogP contribution >= 0.6 is 0 Å². The number of carbonyl (C=O) groups is 1. The van der Waals surface area contributed by atoms with Crippen LogP contribution in [0.25, 0.3) is 0 Å². The molecule has 0 aromatic heterocycles. The summed E-state index contributed by atoms with van der Waals surface area (Å²) in [5, 5.41) is 9.67. The third-order valence-corrected chi connectivity index (χ3v) is 2.00. The van der Waals surface area contributed by atoms with Crippen molar-refractivity contribution in [3.05, 3.63) is 29.8 Å². The molecule has 15 heavy (non-hydrogen) atoms. The third kappa shape index (κ3) is 3.36. The van der Waals surface area contributed by atoms with Crippen LogP contribution in [0.3, 0.4) is 0 Å². The molecule has 3 heteroatoms. The minimum atomic E-state index is -0.861. The molecule has 1 aromatic carbocycles. The van der Waals surface area contributed by atoms with Gasteiger partial charge in [-0.15, -0.1) is 0 Å². The van der Waals surface area contributed by atoms with Crippen molar-refractivity contribution in [1.29, 1.82) is 0 Å². The molecule has 0 spiro atoms. The largest absolute Gasteiger partial charge is 0.465 e. The lowest BCUT2D eigenvalue weighted by atomic mass is 9.96. The van der Waals surface area contributed by atoms with E-state index in [0.29, 0.717) is 11.3 Å². The van der Waals surface area contributed by atoms with Crippen LogP contribution in [-0.4, -0.2) is 17.7 Å². The number of carbonyl (C=O) groups excluding carboxylic acids is 1. The average Bonchev–Trinajstić information content (AvgIpc) is 2.17. The van der Waals surface area contributed by atoms with E-state index in [1.807, 2.05) is 20.8 Å². The average molecular weight is 208 g/mol. The standard InChI is InChI=1S/C12H16O3/c1-12(2,3)11(14)15-10-6-4-9(8-13)5-7-10/h4-8,11,14H,1-3H3. The number of rotatable bonds is 3. The Labute approximate surface area is 89.7 Å². The highest BCUT2D eigenvalue weighted by Gasteiger charge is 2.23. The molecule has 0 saturated heterocycles. The van der Waals surface area contributed by atoms with Gasteiger partial charge in [0.15, 0.2) is 0 Å². The summed E-state index contributed by atoms with van der Waals surface area (Å²) in [6, 6.07) is 6.63. The number of benzene rings is 1. The molecule has 1 N–H and O–H groups in total. The number of hydrogen-bond acceptors (Lipinski definition) is 3. The Balaban J connectivity index is 2.69. The summed E-state index contributed by atoms with van der Waals surface area (Å²) in [7, 11) is 0. The van der Waals surface area contributed by atoms with Gasteiger partial charge in [-0.2, -0.15) is 0 Å². The smallest absolute Gasteiger partial charge is 0.202 e. The van der Waals surface area contributed by atoms with Crippen molar-refractivity contribution in [2.75, 3.05) is 0 Å². The molecule has 0 radical (unpaired) electrons. The van der Waals surface area contributed by atoms with Crippen LogP contribution in [0, 0.1) is 5.41 Å². The molecule has 0 fully saturated rings. The molecular weight excluding hydrogens is 192 g/mol. The Bertz CT molecular complexity index is 322. The summed E-state index contributed by atoms with van der Waals surface area (Å²) in [5.74, 6) is 0.558. The Morgan fingerprint density at radius 1 is 1.27 bits per heavy atom. The van der Waals surface area contributed by atoms with Gasteiger partial charge in [0.1, 0.15) is 12.0 Å². The van der Waals surface area contributed by atoms with Crippen LogP contribution in [0.15, 0.2) is 24.3 Å². The van der Waals surface area contributed by atoms with E-state index in [-0.39, 0.29) is 5.41 Å². The summed E-state index contributed by atoms with van der Waals surface area (Å²) in [5.41, 5.74) is 0.260. The van der Waals surface area contributed by atoms with Gasteiger partial charge < -0.3 is 9.84 Å². The zero-order chi connectivity index (χ0) is 11.5. The van der Waals surface area contributed by atoms with Crippen LogP contribution < -0.4 is 4.74 Å². The lowest BCUT2D eigenvalue weighted by Crippen LogP contribution is -2.31. The molecule has 1 rings (SSSR count). The van der Waals surface area contributed by atoms with Crippen LogP contribution in [0.5, 0.6) is 5.75 Å². The van der Waals surface area contributed by atoms with Crippen molar-refractivity contribution in [2.45, 2.75) is 27.1 Å². The van der Waals surface area contributed by atoms with Crippen molar-refractivity contribution in [2.24, 2.45) is 5.41 Å². The monoisotopic (exact) mass is 208 g/mol. The Kier molecular flexibility index (Phi) is 3.48. The molecule has 1 atom stereocenters. The Hall–Kier alpha value is -1.35. The fraction of sp³-hybridized carbons (Fsp3) is 0.417. The first-order valence-electron chi connectivity index (χ1n) is 4.83. The summed E-state index contributed by atoms with van der Waals surface area (Å²) in [6.45, 7) is 5.66. The highest BCUT2D eigenvalue weighted by Crippen LogP contribution is 2.22. The minimum absolute atomic E-state index is 0.330. The first kappa shape index (κ1) is 11.7. The maximum Gasteiger partial charge on any atom is 0.202 e. The molecule has 3 nitrogen and oxygen atoms in total. The Morgan fingerprint density at radius 3 is 2.20 bits per heavy atom. The van der Waals surface area contributed by atoms with Crippen LogP contribution in [0.4, 0.5) is 0 Å². The quantitative estimate of drug-likeness (QED) is 0.612. The summed E-state index contributed by atoms with van der Waals surface area (Å²) in [6.07, 6.45) is -0.0937. The molecule has 0 saturated carbocycles. The summed E-state index contributed by atoms with van der Waals surface area (Å²) >= 11 is 0. The van der Waals surface area contributed by atoms with Gasteiger partial charge in [-0.05, 0) is 24.3 Å². The van der Waals surface area contributed by atoms with Gasteiger partial charge in [0, 0.05) is 11.0 Å². The van der Waals surface area contributed by atoms with Gasteiger partial charge in [0.2, 0.25) is 6.29 Å². The van der Waals surface area contributed by atoms with E-state index in [1.165, 1.54) is 0 Å². The van der Waals surface area contributed by atoms with Gasteiger partial charge in [0.25, 0.3) is 0 Å². The van der Waals surface area contributed by atoms with E-state index in [0.717, 1.165) is 6.29 Å². The SMILES string of the molecule is CC(C)(C)C(O)Oc1ccc(C=O)cc1. The molecule has 0 amide bonds. The van der Waals surface area contributed by atoms with Crippen molar-refractivity contribution in [1.82, 2.24) is 0 Å². The number of aliphatic hydroxyl groups excluding tert-OH is 1. The second-order valence-corrected chi connectivity index (χ2v) is 4.52. The summed E-state index contributed by atoms with van der Waals surface area (Å²) in [4.78, 5) is 10.4. The number of aldehydes is 1. The Morgan fingerprint density at radius 2 is 1.80 bits per heavy atom. The lowest BCUT2D eigenvalue weighted by Gasteiger charge is -2.26. The molecule has 0 aliphatic carbocycles. The predicted octanol–water partition coefficient (Wildman–Crippen LogP) is 2.24. The van der Waals surface area contributed by atoms with E-state index >= 15 is 0 Å². The minimum Gasteiger partial charge on any atom is -0.465 e. The van der Waals surface area contributed by atoms with Crippen LogP contribution in [0.1, 0.15) is 31.1 Å². The molecule has 0 aliphatic heterocycles. The number of ether oxygens (including phenoxy) is 1. The molecule has 0 aliphatic rings. The second-order valence-electron chi connectivity index (χ2n) is 4.52. The number of aliphatic hydroxyl groups is 1. The van der Waals surface area contributed by atoms with Crippen LogP contribution in [-0.2, 0) is 0 Å². The first-order valence-corrected chi connectivity index (χ1v) is 4.83. The molecular formula is C12H16O3. The van der Waals surface area contributed by atoms with Crippen LogP contribution in [0.2, 0.25) is 0 Å². The van der Waals surface area contributed by atoms with Gasteiger partial charge in [0.05, 0.1) is 0 Å². The lowest BCUT2D eigenvalue weighted by molar-refractivity contribution is -0.0931. The molecule has 1 aromatic rings. The topological polar surface area (TPSA) is 46.5 Å². The zero-order valence-corrected chi connectivity index (χ0v) is 9.23. The van der Waals surface area contributed by atoms with Crippen molar-refractivity contribution < 1.29 is 14.6 Å². The normalized spacial score (nSPS) is 13.3. The van der Waals surface area contributed by atoms with Gasteiger partial charge in [-0.3, -0.25) is 4.79 Å². The maximum absolute atomic E-state index is 10.4. The fourth-order valence-electron chi connectivity index (χ4n) is 0.931. The maximum atomic E-state index is 10.4. The van der Waals surface area contributed by atoms with E-state index in [4.69, 9.17) is 4.74 Å². The second kappa shape index (κ2) is 4.45. The fourth-order valence-corrected chi connectivity index (χ4v) is 0.931. The molecule has 82 valence electrons. The van der Waals surface area contributed by atoms with Crippen molar-refractivity contribution in [3.8, 4) is 5.75 Å². The van der Waals surface area contributed by atoms with E-state index in [2.05, 4.69) is 0 Å². The van der Waals surface area contributed by atoms with Crippen molar-refractivity contribution >= 4 is 6.29 Å². The molecule has 0 heterocycles. The molecule has 0 bridgehead atoms. The zero-order valence-electron chi connectivity index (χ0n) is 9.23. The van der Waals surface area contributed by atoms with E-state index in [1.54, 1.807) is 24.3 Å². The third-order valence-electron chi connectivity index (χ3n) is 2.00. The predicted molar refractivity (Wildman–Crippen MR) is 57.9 cm³/mol. The van der Waals surface area contributed by atoms with Gasteiger partial charge >= 0.3 is 0 Å². The molecule has 1 unspecified atom stereocenters. The summed E-state index contributed by atoms with van der Waals surface area (Å²) < 4.78 is 5.32. The van der Waals surface area contributed by atoms with Gasteiger partial charge in [-0.25, -0.2) is 0 Å². The van der Waals surface area contributed by atoms with Gasteiger partial charge in [-0.1, -0.05) is 20.8 Å². The van der Waals surface area contributed by atoms with Crippen molar-refractivity contribution in [3.63, 3.8) is 0 Å². The number of hydrogen-bond donors (Lipinski definition) is 1.